The van der Waals surface area contributed by atoms with E-state index in [0.717, 1.165) is 18.4 Å². The van der Waals surface area contributed by atoms with Crippen LogP contribution >= 0.6 is 0 Å². The van der Waals surface area contributed by atoms with E-state index in [1.807, 2.05) is 0 Å². The first-order valence-corrected chi connectivity index (χ1v) is 8.19. The van der Waals surface area contributed by atoms with Crippen molar-refractivity contribution in [3.63, 3.8) is 0 Å². The lowest BCUT2D eigenvalue weighted by Gasteiger charge is -2.38. The summed E-state index contributed by atoms with van der Waals surface area (Å²) in [6.07, 6.45) is 5.09. The molecule has 1 atom stereocenters. The molecule has 2 nitrogen and oxygen atoms in total. The third-order valence-electron chi connectivity index (χ3n) is 4.54. The number of nitrogens with two attached hydrogens (primary N) is 1. The second kappa shape index (κ2) is 7.80. The summed E-state index contributed by atoms with van der Waals surface area (Å²) in [6.45, 7) is 7.97. The van der Waals surface area contributed by atoms with Crippen molar-refractivity contribution in [2.45, 2.75) is 45.6 Å². The second-order valence-electron chi connectivity index (χ2n) is 6.61. The second-order valence-corrected chi connectivity index (χ2v) is 6.61. The average Bonchev–Trinajstić information content (AvgIpc) is 2.47. The van der Waals surface area contributed by atoms with Crippen LogP contribution in [0.1, 0.15) is 51.1 Å². The monoisotopic (exact) mass is 274 g/mol. The van der Waals surface area contributed by atoms with Crippen LogP contribution in [-0.4, -0.2) is 24.5 Å². The Morgan fingerprint density at radius 2 is 1.80 bits per heavy atom. The molecule has 0 spiro atoms. The SMILES string of the molecule is CC(C)CC(c1ccccc1)N1CCC(CCN)CC1. The van der Waals surface area contributed by atoms with Crippen molar-refractivity contribution >= 4 is 0 Å². The topological polar surface area (TPSA) is 29.3 Å². The molecule has 1 fully saturated rings. The Hall–Kier alpha value is -0.860. The molecular weight excluding hydrogens is 244 g/mol. The molecule has 0 aliphatic carbocycles. The minimum absolute atomic E-state index is 0.593. The van der Waals surface area contributed by atoms with Crippen LogP contribution in [0.4, 0.5) is 0 Å². The van der Waals surface area contributed by atoms with Crippen molar-refractivity contribution in [2.24, 2.45) is 17.6 Å². The Bertz CT molecular complexity index is 366. The van der Waals surface area contributed by atoms with Gasteiger partial charge in [0.1, 0.15) is 0 Å². The van der Waals surface area contributed by atoms with Gasteiger partial charge in [-0.15, -0.1) is 0 Å². The largest absolute Gasteiger partial charge is 0.330 e. The van der Waals surface area contributed by atoms with Crippen molar-refractivity contribution in [3.8, 4) is 0 Å². The van der Waals surface area contributed by atoms with Crippen LogP contribution in [0.2, 0.25) is 0 Å². The summed E-state index contributed by atoms with van der Waals surface area (Å²) in [5, 5.41) is 0. The molecule has 1 aliphatic rings. The minimum atomic E-state index is 0.593. The normalized spacial score (nSPS) is 19.4. The fraction of sp³-hybridized carbons (Fsp3) is 0.667. The Labute approximate surface area is 124 Å². The zero-order valence-corrected chi connectivity index (χ0v) is 13.1. The first-order valence-electron chi connectivity index (χ1n) is 8.19. The fourth-order valence-electron chi connectivity index (χ4n) is 3.41. The number of benzene rings is 1. The predicted octanol–water partition coefficient (Wildman–Crippen LogP) is 3.83. The van der Waals surface area contributed by atoms with Crippen LogP contribution in [0.25, 0.3) is 0 Å². The summed E-state index contributed by atoms with van der Waals surface area (Å²) in [7, 11) is 0. The lowest BCUT2D eigenvalue weighted by molar-refractivity contribution is 0.116. The summed E-state index contributed by atoms with van der Waals surface area (Å²) >= 11 is 0. The average molecular weight is 274 g/mol. The zero-order chi connectivity index (χ0) is 14.4. The lowest BCUT2D eigenvalue weighted by atomic mass is 9.89. The Morgan fingerprint density at radius 1 is 1.15 bits per heavy atom. The van der Waals surface area contributed by atoms with E-state index in [1.165, 1.54) is 44.3 Å². The summed E-state index contributed by atoms with van der Waals surface area (Å²) in [5.41, 5.74) is 7.18. The molecule has 1 heterocycles. The first-order chi connectivity index (χ1) is 9.70. The molecule has 112 valence electrons. The van der Waals surface area contributed by atoms with Gasteiger partial charge in [0.25, 0.3) is 0 Å². The third-order valence-corrected chi connectivity index (χ3v) is 4.54. The van der Waals surface area contributed by atoms with Crippen molar-refractivity contribution in [3.05, 3.63) is 35.9 Å². The van der Waals surface area contributed by atoms with Gasteiger partial charge in [-0.25, -0.2) is 0 Å². The Kier molecular flexibility index (Phi) is 6.06. The number of rotatable bonds is 6. The van der Waals surface area contributed by atoms with Gasteiger partial charge in [0.2, 0.25) is 0 Å². The molecule has 0 bridgehead atoms. The summed E-state index contributed by atoms with van der Waals surface area (Å²) < 4.78 is 0. The molecular formula is C18H30N2. The van der Waals surface area contributed by atoms with Gasteiger partial charge in [-0.05, 0) is 62.7 Å². The molecule has 0 aromatic heterocycles. The zero-order valence-electron chi connectivity index (χ0n) is 13.1. The summed E-state index contributed by atoms with van der Waals surface area (Å²) in [5.74, 6) is 1.59. The van der Waals surface area contributed by atoms with E-state index in [-0.39, 0.29) is 0 Å². The van der Waals surface area contributed by atoms with Gasteiger partial charge < -0.3 is 5.73 Å². The highest BCUT2D eigenvalue weighted by Crippen LogP contribution is 2.32. The van der Waals surface area contributed by atoms with E-state index >= 15 is 0 Å². The van der Waals surface area contributed by atoms with Crippen LogP contribution in [-0.2, 0) is 0 Å². The number of likely N-dealkylation sites (tertiary alicyclic amines) is 1. The van der Waals surface area contributed by atoms with E-state index in [2.05, 4.69) is 49.1 Å². The molecule has 1 aromatic carbocycles. The molecule has 1 saturated heterocycles. The maximum atomic E-state index is 5.70. The number of hydrogen-bond donors (Lipinski definition) is 1. The fourth-order valence-corrected chi connectivity index (χ4v) is 3.41. The van der Waals surface area contributed by atoms with Crippen molar-refractivity contribution in [1.82, 2.24) is 4.90 Å². The highest BCUT2D eigenvalue weighted by molar-refractivity contribution is 5.19. The molecule has 20 heavy (non-hydrogen) atoms. The van der Waals surface area contributed by atoms with Gasteiger partial charge in [0.05, 0.1) is 0 Å². The summed E-state index contributed by atoms with van der Waals surface area (Å²) in [4.78, 5) is 2.70. The van der Waals surface area contributed by atoms with Gasteiger partial charge in [0, 0.05) is 6.04 Å². The Morgan fingerprint density at radius 3 is 2.35 bits per heavy atom. The number of hydrogen-bond acceptors (Lipinski definition) is 2. The van der Waals surface area contributed by atoms with E-state index in [1.54, 1.807) is 0 Å². The van der Waals surface area contributed by atoms with E-state index in [0.29, 0.717) is 6.04 Å². The molecule has 2 rings (SSSR count). The molecule has 1 unspecified atom stereocenters. The first kappa shape index (κ1) is 15.5. The highest BCUT2D eigenvalue weighted by atomic mass is 15.2. The molecule has 0 saturated carbocycles. The standard InChI is InChI=1S/C18H30N2/c1-15(2)14-18(17-6-4-3-5-7-17)20-12-9-16(8-11-19)10-13-20/h3-7,15-16,18H,8-14,19H2,1-2H3. The van der Waals surface area contributed by atoms with Crippen LogP contribution in [0.5, 0.6) is 0 Å². The smallest absolute Gasteiger partial charge is 0.0350 e. The number of piperidine rings is 1. The van der Waals surface area contributed by atoms with Crippen molar-refractivity contribution in [2.75, 3.05) is 19.6 Å². The predicted molar refractivity (Wildman–Crippen MR) is 86.6 cm³/mol. The van der Waals surface area contributed by atoms with E-state index in [4.69, 9.17) is 5.73 Å². The van der Waals surface area contributed by atoms with Gasteiger partial charge in [-0.2, -0.15) is 0 Å². The maximum absolute atomic E-state index is 5.70. The molecule has 2 heteroatoms. The van der Waals surface area contributed by atoms with Crippen LogP contribution < -0.4 is 5.73 Å². The van der Waals surface area contributed by atoms with Gasteiger partial charge in [-0.1, -0.05) is 44.2 Å². The quantitative estimate of drug-likeness (QED) is 0.854. The van der Waals surface area contributed by atoms with Crippen LogP contribution in [0.15, 0.2) is 30.3 Å². The molecule has 1 aliphatic heterocycles. The van der Waals surface area contributed by atoms with E-state index in [9.17, 15) is 0 Å². The summed E-state index contributed by atoms with van der Waals surface area (Å²) in [6, 6.07) is 11.6. The molecule has 0 radical (unpaired) electrons. The van der Waals surface area contributed by atoms with Crippen molar-refractivity contribution < 1.29 is 0 Å². The minimum Gasteiger partial charge on any atom is -0.330 e. The molecule has 1 aromatic rings. The highest BCUT2D eigenvalue weighted by Gasteiger charge is 2.26. The van der Waals surface area contributed by atoms with Gasteiger partial charge >= 0.3 is 0 Å². The third kappa shape index (κ3) is 4.32. The lowest BCUT2D eigenvalue weighted by Crippen LogP contribution is -2.37. The van der Waals surface area contributed by atoms with Gasteiger partial charge in [0.15, 0.2) is 0 Å². The molecule has 0 amide bonds. The Balaban J connectivity index is 2.01. The van der Waals surface area contributed by atoms with Crippen LogP contribution in [0, 0.1) is 11.8 Å². The van der Waals surface area contributed by atoms with Crippen LogP contribution in [0.3, 0.4) is 0 Å². The maximum Gasteiger partial charge on any atom is 0.0350 e. The molecule has 2 N–H and O–H groups in total. The van der Waals surface area contributed by atoms with E-state index < -0.39 is 0 Å². The number of nitrogens with zero attached hydrogens (tertiary/aromatic N) is 1. The van der Waals surface area contributed by atoms with Crippen molar-refractivity contribution in [1.29, 1.82) is 0 Å². The van der Waals surface area contributed by atoms with Gasteiger partial charge in [-0.3, -0.25) is 4.90 Å².